The fourth-order valence-corrected chi connectivity index (χ4v) is 2.40. The largest absolute Gasteiger partial charge is 0.349 e. The van der Waals surface area contributed by atoms with E-state index < -0.39 is 0 Å². The molecule has 6 nitrogen and oxygen atoms in total. The van der Waals surface area contributed by atoms with E-state index in [-0.39, 0.29) is 29.0 Å². The van der Waals surface area contributed by atoms with Crippen LogP contribution in [0.25, 0.3) is 0 Å². The molecule has 3 rings (SSSR count). The van der Waals surface area contributed by atoms with Gasteiger partial charge in [0.25, 0.3) is 11.8 Å². The number of aromatic nitrogens is 1. The van der Waals surface area contributed by atoms with Crippen LogP contribution in [0, 0.1) is 13.8 Å². The molecule has 0 spiro atoms. The molecule has 1 aromatic carbocycles. The molecule has 1 aliphatic rings. The van der Waals surface area contributed by atoms with Crippen molar-refractivity contribution < 1.29 is 9.59 Å². The second-order valence-corrected chi connectivity index (χ2v) is 6.15. The van der Waals surface area contributed by atoms with Crippen LogP contribution in [0.1, 0.15) is 44.8 Å². The van der Waals surface area contributed by atoms with Crippen molar-refractivity contribution in [3.8, 4) is 0 Å². The average Bonchev–Trinajstić information content (AvgIpc) is 3.32. The molecule has 0 radical (unpaired) electrons. The molecule has 1 saturated carbocycles. The maximum atomic E-state index is 12.4. The normalized spacial score (nSPS) is 13.4. The van der Waals surface area contributed by atoms with Crippen molar-refractivity contribution in [1.82, 2.24) is 10.3 Å². The zero-order valence-corrected chi connectivity index (χ0v) is 13.6. The third-order valence-corrected chi connectivity index (χ3v) is 3.90. The van der Waals surface area contributed by atoms with Crippen molar-refractivity contribution in [3.05, 3.63) is 63.1 Å². The molecule has 0 unspecified atom stereocenters. The fraction of sp³-hybridized carbons (Fsp3) is 0.278. The topological polar surface area (TPSA) is 91.1 Å². The van der Waals surface area contributed by atoms with Gasteiger partial charge in [-0.3, -0.25) is 14.4 Å². The standard InChI is InChI=1S/C18H19N3O3/c1-10-3-4-12(17(23)20-14-5-6-14)8-15(10)21-18(24)13-7-11(2)19-16(22)9-13/h3-4,7-9,14H,5-6H2,1-2H3,(H,19,22)(H,20,23)(H,21,24). The number of aryl methyl sites for hydroxylation is 2. The van der Waals surface area contributed by atoms with E-state index in [1.165, 1.54) is 6.07 Å². The van der Waals surface area contributed by atoms with E-state index in [2.05, 4.69) is 15.6 Å². The second kappa shape index (κ2) is 6.31. The second-order valence-electron chi connectivity index (χ2n) is 6.15. The monoisotopic (exact) mass is 325 g/mol. The van der Waals surface area contributed by atoms with Crippen LogP contribution in [0.2, 0.25) is 0 Å². The van der Waals surface area contributed by atoms with E-state index in [1.807, 2.05) is 6.92 Å². The molecule has 0 saturated heterocycles. The van der Waals surface area contributed by atoms with Crippen LogP contribution in [0.4, 0.5) is 5.69 Å². The van der Waals surface area contributed by atoms with Gasteiger partial charge in [0.05, 0.1) is 0 Å². The summed E-state index contributed by atoms with van der Waals surface area (Å²) in [6.07, 6.45) is 2.03. The average molecular weight is 325 g/mol. The Morgan fingerprint density at radius 2 is 1.79 bits per heavy atom. The summed E-state index contributed by atoms with van der Waals surface area (Å²) in [5, 5.41) is 5.69. The molecular weight excluding hydrogens is 306 g/mol. The molecule has 1 aliphatic carbocycles. The minimum Gasteiger partial charge on any atom is -0.349 e. The fourth-order valence-electron chi connectivity index (χ4n) is 2.40. The number of hydrogen-bond acceptors (Lipinski definition) is 3. The van der Waals surface area contributed by atoms with Gasteiger partial charge in [0, 0.05) is 34.6 Å². The van der Waals surface area contributed by atoms with Crippen LogP contribution >= 0.6 is 0 Å². The Labute approximate surface area is 139 Å². The van der Waals surface area contributed by atoms with Gasteiger partial charge in [-0.2, -0.15) is 0 Å². The molecule has 1 heterocycles. The van der Waals surface area contributed by atoms with Crippen LogP contribution in [0.5, 0.6) is 0 Å². The SMILES string of the molecule is Cc1cc(C(=O)Nc2cc(C(=O)NC3CC3)ccc2C)cc(=O)[nH]1. The number of hydrogen-bond donors (Lipinski definition) is 3. The number of carbonyl (C=O) groups is 2. The van der Waals surface area contributed by atoms with Gasteiger partial charge in [-0.15, -0.1) is 0 Å². The molecule has 1 aromatic heterocycles. The molecule has 24 heavy (non-hydrogen) atoms. The predicted molar refractivity (Wildman–Crippen MR) is 91.4 cm³/mol. The minimum absolute atomic E-state index is 0.139. The lowest BCUT2D eigenvalue weighted by Crippen LogP contribution is -2.25. The zero-order valence-electron chi connectivity index (χ0n) is 13.6. The van der Waals surface area contributed by atoms with Crippen LogP contribution in [0.15, 0.2) is 35.1 Å². The Balaban J connectivity index is 1.81. The first-order valence-electron chi connectivity index (χ1n) is 7.86. The highest BCUT2D eigenvalue weighted by Crippen LogP contribution is 2.21. The molecule has 3 N–H and O–H groups in total. The van der Waals surface area contributed by atoms with Crippen LogP contribution in [0.3, 0.4) is 0 Å². The molecular formula is C18H19N3O3. The number of pyridine rings is 1. The van der Waals surface area contributed by atoms with Gasteiger partial charge in [0.1, 0.15) is 0 Å². The Morgan fingerprint density at radius 1 is 1.04 bits per heavy atom. The van der Waals surface area contributed by atoms with Gasteiger partial charge in [-0.25, -0.2) is 0 Å². The van der Waals surface area contributed by atoms with Gasteiger partial charge < -0.3 is 15.6 Å². The van der Waals surface area contributed by atoms with Crippen molar-refractivity contribution in [2.45, 2.75) is 32.7 Å². The number of carbonyl (C=O) groups excluding carboxylic acids is 2. The number of anilines is 1. The van der Waals surface area contributed by atoms with Crippen molar-refractivity contribution in [2.75, 3.05) is 5.32 Å². The van der Waals surface area contributed by atoms with Crippen molar-refractivity contribution in [2.24, 2.45) is 0 Å². The summed E-state index contributed by atoms with van der Waals surface area (Å²) in [5.41, 5.74) is 2.47. The number of nitrogens with one attached hydrogen (secondary N) is 3. The van der Waals surface area contributed by atoms with E-state index in [9.17, 15) is 14.4 Å². The lowest BCUT2D eigenvalue weighted by molar-refractivity contribution is 0.0949. The van der Waals surface area contributed by atoms with Gasteiger partial charge >= 0.3 is 0 Å². The lowest BCUT2D eigenvalue weighted by Gasteiger charge is -2.11. The summed E-state index contributed by atoms with van der Waals surface area (Å²) in [7, 11) is 0. The summed E-state index contributed by atoms with van der Waals surface area (Å²) in [6, 6.07) is 8.32. The predicted octanol–water partition coefficient (Wildman–Crippen LogP) is 2.14. The van der Waals surface area contributed by atoms with E-state index >= 15 is 0 Å². The maximum absolute atomic E-state index is 12.4. The number of rotatable bonds is 4. The summed E-state index contributed by atoms with van der Waals surface area (Å²) < 4.78 is 0. The molecule has 0 bridgehead atoms. The molecule has 6 heteroatoms. The summed E-state index contributed by atoms with van der Waals surface area (Å²) in [6.45, 7) is 3.56. The highest BCUT2D eigenvalue weighted by atomic mass is 16.2. The Kier molecular flexibility index (Phi) is 4.20. The summed E-state index contributed by atoms with van der Waals surface area (Å²) >= 11 is 0. The maximum Gasteiger partial charge on any atom is 0.255 e. The first-order chi connectivity index (χ1) is 11.4. The third-order valence-electron chi connectivity index (χ3n) is 3.90. The summed E-state index contributed by atoms with van der Waals surface area (Å²) in [5.74, 6) is -0.521. The van der Waals surface area contributed by atoms with Gasteiger partial charge in [0.2, 0.25) is 5.56 Å². The molecule has 1 fully saturated rings. The van der Waals surface area contributed by atoms with E-state index in [0.717, 1.165) is 18.4 Å². The Morgan fingerprint density at radius 3 is 2.46 bits per heavy atom. The van der Waals surface area contributed by atoms with Crippen LogP contribution in [-0.2, 0) is 0 Å². The highest BCUT2D eigenvalue weighted by molar-refractivity contribution is 6.05. The minimum atomic E-state index is -0.382. The molecule has 124 valence electrons. The first-order valence-corrected chi connectivity index (χ1v) is 7.86. The van der Waals surface area contributed by atoms with E-state index in [1.54, 1.807) is 31.2 Å². The van der Waals surface area contributed by atoms with E-state index in [0.29, 0.717) is 16.9 Å². The number of H-pyrrole nitrogens is 1. The van der Waals surface area contributed by atoms with Gasteiger partial charge in [0.15, 0.2) is 0 Å². The van der Waals surface area contributed by atoms with Gasteiger partial charge in [-0.1, -0.05) is 6.07 Å². The van der Waals surface area contributed by atoms with Crippen LogP contribution in [-0.4, -0.2) is 22.8 Å². The van der Waals surface area contributed by atoms with Crippen molar-refractivity contribution in [3.63, 3.8) is 0 Å². The van der Waals surface area contributed by atoms with E-state index in [4.69, 9.17) is 0 Å². The number of amides is 2. The summed E-state index contributed by atoms with van der Waals surface area (Å²) in [4.78, 5) is 38.6. The molecule has 0 atom stereocenters. The number of benzene rings is 1. The Bertz CT molecular complexity index is 866. The van der Waals surface area contributed by atoms with Crippen molar-refractivity contribution >= 4 is 17.5 Å². The highest BCUT2D eigenvalue weighted by Gasteiger charge is 2.24. The zero-order chi connectivity index (χ0) is 17.3. The quantitative estimate of drug-likeness (QED) is 0.804. The number of aromatic amines is 1. The third kappa shape index (κ3) is 3.71. The lowest BCUT2D eigenvalue weighted by atomic mass is 10.1. The van der Waals surface area contributed by atoms with Gasteiger partial charge in [-0.05, 0) is 50.5 Å². The molecule has 2 aromatic rings. The molecule has 0 aliphatic heterocycles. The Hall–Kier alpha value is -2.89. The molecule has 2 amide bonds. The first kappa shape index (κ1) is 16.0. The smallest absolute Gasteiger partial charge is 0.255 e. The van der Waals surface area contributed by atoms with Crippen molar-refractivity contribution in [1.29, 1.82) is 0 Å². The van der Waals surface area contributed by atoms with Crippen LogP contribution < -0.4 is 16.2 Å².